The lowest BCUT2D eigenvalue weighted by Crippen LogP contribution is -2.47. The highest BCUT2D eigenvalue weighted by Crippen LogP contribution is 2.21. The maximum atomic E-state index is 12.0. The van der Waals surface area contributed by atoms with E-state index in [1.807, 2.05) is 0 Å². The average molecular weight is 254 g/mol. The van der Waals surface area contributed by atoms with Gasteiger partial charge >= 0.3 is 0 Å². The molecule has 0 unspecified atom stereocenters. The lowest BCUT2D eigenvalue weighted by atomic mass is 9.94. The Balaban J connectivity index is 1.98. The fourth-order valence-electron chi connectivity index (χ4n) is 2.03. The summed E-state index contributed by atoms with van der Waals surface area (Å²) < 4.78 is 5.20. The summed E-state index contributed by atoms with van der Waals surface area (Å²) in [7, 11) is 1.64. The van der Waals surface area contributed by atoms with E-state index in [1.165, 1.54) is 4.90 Å². The van der Waals surface area contributed by atoms with Crippen molar-refractivity contribution in [3.05, 3.63) is 11.6 Å². The van der Waals surface area contributed by atoms with Gasteiger partial charge in [0, 0.05) is 39.6 Å². The molecule has 7 nitrogen and oxygen atoms in total. The molecule has 0 atom stereocenters. The van der Waals surface area contributed by atoms with Gasteiger partial charge in [-0.15, -0.1) is 5.10 Å². The number of aromatic nitrogens is 3. The molecule has 2 rings (SSSR count). The Morgan fingerprint density at radius 2 is 2.22 bits per heavy atom. The standard InChI is InChI=1S/C11H18N4O3/c1-8-12-9(14-13-8)10(16)15(2)7-11(17)3-5-18-6-4-11/h17H,3-7H2,1-2H3,(H,12,13,14). The van der Waals surface area contributed by atoms with Crippen molar-refractivity contribution in [3.63, 3.8) is 0 Å². The van der Waals surface area contributed by atoms with Crippen LogP contribution in [0.1, 0.15) is 29.3 Å². The number of amides is 1. The predicted octanol–water partition coefficient (Wildman–Crippen LogP) is -0.273. The van der Waals surface area contributed by atoms with Crippen molar-refractivity contribution in [2.75, 3.05) is 26.8 Å². The molecular weight excluding hydrogens is 236 g/mol. The van der Waals surface area contributed by atoms with Crippen molar-refractivity contribution in [1.82, 2.24) is 20.1 Å². The highest BCUT2D eigenvalue weighted by Gasteiger charge is 2.33. The van der Waals surface area contributed by atoms with Crippen LogP contribution in [0.2, 0.25) is 0 Å². The van der Waals surface area contributed by atoms with Crippen LogP contribution in [0.3, 0.4) is 0 Å². The van der Waals surface area contributed by atoms with E-state index in [1.54, 1.807) is 14.0 Å². The molecule has 0 aromatic carbocycles. The van der Waals surface area contributed by atoms with E-state index in [9.17, 15) is 9.90 Å². The third kappa shape index (κ3) is 2.85. The number of carbonyl (C=O) groups excluding carboxylic acids is 1. The zero-order valence-electron chi connectivity index (χ0n) is 10.6. The topological polar surface area (TPSA) is 91.3 Å². The van der Waals surface area contributed by atoms with Crippen LogP contribution >= 0.6 is 0 Å². The second-order valence-corrected chi connectivity index (χ2v) is 4.74. The number of aliphatic hydroxyl groups is 1. The lowest BCUT2D eigenvalue weighted by Gasteiger charge is -2.35. The number of hydrogen-bond donors (Lipinski definition) is 2. The minimum absolute atomic E-state index is 0.130. The van der Waals surface area contributed by atoms with Crippen LogP contribution < -0.4 is 0 Å². The molecule has 0 saturated carbocycles. The van der Waals surface area contributed by atoms with Gasteiger partial charge in [-0.05, 0) is 6.92 Å². The molecule has 0 aliphatic carbocycles. The van der Waals surface area contributed by atoms with Crippen LogP contribution in [0.25, 0.3) is 0 Å². The van der Waals surface area contributed by atoms with Gasteiger partial charge in [-0.3, -0.25) is 9.89 Å². The molecular formula is C11H18N4O3. The third-order valence-electron chi connectivity index (χ3n) is 3.09. The molecule has 1 aliphatic rings. The van der Waals surface area contributed by atoms with Crippen molar-refractivity contribution in [3.8, 4) is 0 Å². The van der Waals surface area contributed by atoms with E-state index in [4.69, 9.17) is 4.74 Å². The summed E-state index contributed by atoms with van der Waals surface area (Å²) in [6.45, 7) is 3.05. The summed E-state index contributed by atoms with van der Waals surface area (Å²) in [5.41, 5.74) is -0.867. The Morgan fingerprint density at radius 1 is 1.56 bits per heavy atom. The summed E-state index contributed by atoms with van der Waals surface area (Å²) >= 11 is 0. The molecule has 1 saturated heterocycles. The minimum atomic E-state index is -0.867. The maximum absolute atomic E-state index is 12.0. The first-order valence-electron chi connectivity index (χ1n) is 5.95. The Hall–Kier alpha value is -1.47. The molecule has 100 valence electrons. The molecule has 1 aromatic heterocycles. The molecule has 1 amide bonds. The predicted molar refractivity (Wildman–Crippen MR) is 63.1 cm³/mol. The van der Waals surface area contributed by atoms with Crippen molar-refractivity contribution in [1.29, 1.82) is 0 Å². The molecule has 0 spiro atoms. The first-order chi connectivity index (χ1) is 8.50. The molecule has 1 fully saturated rings. The normalized spacial score (nSPS) is 18.6. The number of likely N-dealkylation sites (N-methyl/N-ethyl adjacent to an activating group) is 1. The van der Waals surface area contributed by atoms with Crippen LogP contribution in [0.5, 0.6) is 0 Å². The zero-order valence-corrected chi connectivity index (χ0v) is 10.6. The second kappa shape index (κ2) is 5.03. The van der Waals surface area contributed by atoms with Crippen LogP contribution in [0.4, 0.5) is 0 Å². The minimum Gasteiger partial charge on any atom is -0.388 e. The Labute approximate surface area is 105 Å². The van der Waals surface area contributed by atoms with Gasteiger partial charge in [-0.2, -0.15) is 0 Å². The number of aromatic amines is 1. The Bertz CT molecular complexity index is 426. The summed E-state index contributed by atoms with van der Waals surface area (Å²) in [6, 6.07) is 0. The molecule has 2 N–H and O–H groups in total. The highest BCUT2D eigenvalue weighted by atomic mass is 16.5. The van der Waals surface area contributed by atoms with E-state index in [0.29, 0.717) is 31.9 Å². The largest absolute Gasteiger partial charge is 0.388 e. The van der Waals surface area contributed by atoms with Gasteiger partial charge in [0.2, 0.25) is 5.82 Å². The van der Waals surface area contributed by atoms with Gasteiger partial charge < -0.3 is 14.7 Å². The molecule has 1 aromatic rings. The van der Waals surface area contributed by atoms with E-state index in [2.05, 4.69) is 15.2 Å². The van der Waals surface area contributed by atoms with Crippen molar-refractivity contribution in [2.24, 2.45) is 0 Å². The lowest BCUT2D eigenvalue weighted by molar-refractivity contribution is -0.0735. The van der Waals surface area contributed by atoms with Crippen LogP contribution in [0, 0.1) is 6.92 Å². The molecule has 1 aliphatic heterocycles. The maximum Gasteiger partial charge on any atom is 0.293 e. The first kappa shape index (κ1) is 13.0. The fourth-order valence-corrected chi connectivity index (χ4v) is 2.03. The van der Waals surface area contributed by atoms with E-state index >= 15 is 0 Å². The van der Waals surface area contributed by atoms with Gasteiger partial charge in [0.05, 0.1) is 5.60 Å². The van der Waals surface area contributed by atoms with Gasteiger partial charge in [0.15, 0.2) is 0 Å². The van der Waals surface area contributed by atoms with Gasteiger partial charge in [-0.1, -0.05) is 0 Å². The molecule has 2 heterocycles. The zero-order chi connectivity index (χ0) is 13.2. The highest BCUT2D eigenvalue weighted by molar-refractivity contribution is 5.90. The number of ether oxygens (including phenoxy) is 1. The van der Waals surface area contributed by atoms with Crippen molar-refractivity contribution in [2.45, 2.75) is 25.4 Å². The smallest absolute Gasteiger partial charge is 0.293 e. The SMILES string of the molecule is Cc1nc(C(=O)N(C)CC2(O)CCOCC2)n[nH]1. The summed E-state index contributed by atoms with van der Waals surface area (Å²) in [5, 5.41) is 16.8. The summed E-state index contributed by atoms with van der Waals surface area (Å²) in [4.78, 5) is 17.4. The van der Waals surface area contributed by atoms with E-state index in [-0.39, 0.29) is 18.3 Å². The van der Waals surface area contributed by atoms with Crippen LogP contribution in [-0.4, -0.2) is 63.5 Å². The molecule has 7 heteroatoms. The molecule has 0 bridgehead atoms. The number of carbonyl (C=O) groups is 1. The van der Waals surface area contributed by atoms with Gasteiger partial charge in [0.25, 0.3) is 5.91 Å². The van der Waals surface area contributed by atoms with E-state index < -0.39 is 5.60 Å². The van der Waals surface area contributed by atoms with E-state index in [0.717, 1.165) is 0 Å². The van der Waals surface area contributed by atoms with Gasteiger partial charge in [-0.25, -0.2) is 4.98 Å². The van der Waals surface area contributed by atoms with Gasteiger partial charge in [0.1, 0.15) is 5.82 Å². The summed E-state index contributed by atoms with van der Waals surface area (Å²) in [6.07, 6.45) is 1.08. The Morgan fingerprint density at radius 3 is 2.78 bits per heavy atom. The first-order valence-corrected chi connectivity index (χ1v) is 5.95. The third-order valence-corrected chi connectivity index (χ3v) is 3.09. The Kier molecular flexibility index (Phi) is 3.63. The molecule has 18 heavy (non-hydrogen) atoms. The summed E-state index contributed by atoms with van der Waals surface area (Å²) in [5.74, 6) is 0.432. The van der Waals surface area contributed by atoms with Crippen LogP contribution in [0.15, 0.2) is 0 Å². The number of nitrogens with one attached hydrogen (secondary N) is 1. The quantitative estimate of drug-likeness (QED) is 0.774. The monoisotopic (exact) mass is 254 g/mol. The number of H-pyrrole nitrogens is 1. The average Bonchev–Trinajstić information content (AvgIpc) is 2.75. The van der Waals surface area contributed by atoms with Crippen LogP contribution in [-0.2, 0) is 4.74 Å². The molecule has 0 radical (unpaired) electrons. The number of aryl methyl sites for hydroxylation is 1. The number of nitrogens with zero attached hydrogens (tertiary/aromatic N) is 3. The fraction of sp³-hybridized carbons (Fsp3) is 0.727. The number of hydrogen-bond acceptors (Lipinski definition) is 5. The number of rotatable bonds is 3. The van der Waals surface area contributed by atoms with Crippen molar-refractivity contribution < 1.29 is 14.6 Å². The second-order valence-electron chi connectivity index (χ2n) is 4.74. The van der Waals surface area contributed by atoms with Crippen molar-refractivity contribution >= 4 is 5.91 Å².